The molecule has 2 saturated carbocycles. The Kier molecular flexibility index (Phi) is 7.87. The van der Waals surface area contributed by atoms with Crippen molar-refractivity contribution in [1.82, 2.24) is 20.0 Å². The molecular weight excluding hydrogens is 465 g/mol. The number of hydrogen-bond donors (Lipinski definition) is 1. The number of hydrogen-bond acceptors (Lipinski definition) is 3. The van der Waals surface area contributed by atoms with E-state index in [4.69, 9.17) is 4.99 Å². The van der Waals surface area contributed by atoms with Crippen LogP contribution in [0.1, 0.15) is 57.8 Å². The van der Waals surface area contributed by atoms with Crippen LogP contribution in [0.3, 0.4) is 0 Å². The van der Waals surface area contributed by atoms with E-state index in [0.29, 0.717) is 6.04 Å². The van der Waals surface area contributed by atoms with Crippen molar-refractivity contribution in [3.05, 3.63) is 0 Å². The summed E-state index contributed by atoms with van der Waals surface area (Å²) in [6.45, 7) is 3.73. The van der Waals surface area contributed by atoms with Crippen molar-refractivity contribution in [3.63, 3.8) is 0 Å². The molecule has 2 aliphatic carbocycles. The molecule has 0 aromatic carbocycles. The summed E-state index contributed by atoms with van der Waals surface area (Å²) in [6.07, 6.45) is 11.8. The number of amides is 1. The van der Waals surface area contributed by atoms with Gasteiger partial charge >= 0.3 is 0 Å². The fourth-order valence-corrected chi connectivity index (χ4v) is 5.27. The Balaban J connectivity index is 0.00000225. The first-order valence-corrected chi connectivity index (χ1v) is 11.1. The lowest BCUT2D eigenvalue weighted by Crippen LogP contribution is -2.58. The zero-order chi connectivity index (χ0) is 18.8. The van der Waals surface area contributed by atoms with Crippen molar-refractivity contribution in [2.45, 2.75) is 75.9 Å². The number of carbonyl (C=O) groups excluding carboxylic acids is 1. The molecule has 2 heterocycles. The highest BCUT2D eigenvalue weighted by atomic mass is 127. The smallest absolute Gasteiger partial charge is 0.243 e. The van der Waals surface area contributed by atoms with E-state index in [1.54, 1.807) is 4.90 Å². The molecule has 2 aliphatic heterocycles. The molecule has 4 fully saturated rings. The lowest BCUT2D eigenvalue weighted by atomic mass is 9.83. The van der Waals surface area contributed by atoms with Crippen molar-refractivity contribution in [2.75, 3.05) is 40.3 Å². The van der Waals surface area contributed by atoms with Gasteiger partial charge in [0.25, 0.3) is 0 Å². The maximum Gasteiger partial charge on any atom is 0.243 e. The van der Waals surface area contributed by atoms with Crippen LogP contribution in [-0.2, 0) is 4.79 Å². The van der Waals surface area contributed by atoms with Crippen molar-refractivity contribution < 1.29 is 4.79 Å². The van der Waals surface area contributed by atoms with Crippen LogP contribution < -0.4 is 5.32 Å². The second kappa shape index (κ2) is 9.96. The van der Waals surface area contributed by atoms with E-state index < -0.39 is 0 Å². The molecule has 0 aromatic rings. The monoisotopic (exact) mass is 503 g/mol. The Bertz CT molecular complexity index is 559. The molecule has 6 nitrogen and oxygen atoms in total. The van der Waals surface area contributed by atoms with E-state index in [0.717, 1.165) is 37.1 Å². The van der Waals surface area contributed by atoms with E-state index in [1.165, 1.54) is 64.3 Å². The van der Waals surface area contributed by atoms with Crippen molar-refractivity contribution >= 4 is 35.8 Å². The van der Waals surface area contributed by atoms with Gasteiger partial charge in [-0.25, -0.2) is 4.99 Å². The molecule has 0 bridgehead atoms. The largest absolute Gasteiger partial charge is 0.353 e. The molecule has 160 valence electrons. The fourth-order valence-electron chi connectivity index (χ4n) is 5.27. The van der Waals surface area contributed by atoms with Crippen molar-refractivity contribution in [1.29, 1.82) is 0 Å². The van der Waals surface area contributed by atoms with Crippen molar-refractivity contribution in [3.8, 4) is 0 Å². The molecule has 2 atom stereocenters. The van der Waals surface area contributed by atoms with Crippen LogP contribution >= 0.6 is 24.0 Å². The summed E-state index contributed by atoms with van der Waals surface area (Å²) in [5, 5.41) is 3.71. The second-order valence-corrected chi connectivity index (χ2v) is 9.23. The summed E-state index contributed by atoms with van der Waals surface area (Å²) in [5.41, 5.74) is 0. The Morgan fingerprint density at radius 2 is 1.79 bits per heavy atom. The number of nitrogens with one attached hydrogen (secondary N) is 1. The van der Waals surface area contributed by atoms with Gasteiger partial charge in [0.05, 0.1) is 0 Å². The Labute approximate surface area is 187 Å². The minimum Gasteiger partial charge on any atom is -0.353 e. The molecule has 28 heavy (non-hydrogen) atoms. The summed E-state index contributed by atoms with van der Waals surface area (Å²) < 4.78 is 0. The highest BCUT2D eigenvalue weighted by Crippen LogP contribution is 2.38. The highest BCUT2D eigenvalue weighted by Gasteiger charge is 2.42. The molecule has 7 heteroatoms. The molecule has 0 aromatic heterocycles. The second-order valence-electron chi connectivity index (χ2n) is 9.23. The number of fused-ring (bicyclic) bond motifs is 1. The standard InChI is InChI=1S/C21H37N5O.HI/c1-24(2)20(27)14-22-21(23-17-7-3-4-8-17)25-13-11-19-16(15-25)6-5-12-26(19)18-9-10-18;/h16-19H,3-15H2,1-2H3,(H,22,23);1H. The molecule has 0 radical (unpaired) electrons. The summed E-state index contributed by atoms with van der Waals surface area (Å²) in [4.78, 5) is 23.8. The minimum absolute atomic E-state index is 0. The molecule has 2 saturated heterocycles. The summed E-state index contributed by atoms with van der Waals surface area (Å²) in [7, 11) is 3.61. The van der Waals surface area contributed by atoms with Crippen LogP contribution in [0.15, 0.2) is 4.99 Å². The van der Waals surface area contributed by atoms with Gasteiger partial charge < -0.3 is 15.1 Å². The normalized spacial score (nSPS) is 29.2. The van der Waals surface area contributed by atoms with E-state index in [2.05, 4.69) is 15.1 Å². The number of carbonyl (C=O) groups is 1. The van der Waals surface area contributed by atoms with Gasteiger partial charge in [0.2, 0.25) is 5.91 Å². The Morgan fingerprint density at radius 1 is 1.04 bits per heavy atom. The van der Waals surface area contributed by atoms with Gasteiger partial charge in [0, 0.05) is 45.3 Å². The molecular formula is C21H38IN5O. The number of guanidine groups is 1. The summed E-state index contributed by atoms with van der Waals surface area (Å²) in [6, 6.07) is 2.19. The third-order valence-corrected chi connectivity index (χ3v) is 6.98. The first-order valence-electron chi connectivity index (χ1n) is 11.1. The lowest BCUT2D eigenvalue weighted by Gasteiger charge is -2.48. The van der Waals surface area contributed by atoms with Crippen molar-refractivity contribution in [2.24, 2.45) is 10.9 Å². The van der Waals surface area contributed by atoms with Gasteiger partial charge in [-0.15, -0.1) is 24.0 Å². The summed E-state index contributed by atoms with van der Waals surface area (Å²) in [5.74, 6) is 1.82. The molecule has 4 rings (SSSR count). The average Bonchev–Trinajstić information content (AvgIpc) is 3.40. The maximum atomic E-state index is 12.1. The average molecular weight is 503 g/mol. The number of likely N-dealkylation sites (tertiary alicyclic amines) is 2. The third-order valence-electron chi connectivity index (χ3n) is 6.98. The first-order chi connectivity index (χ1) is 13.1. The molecule has 0 spiro atoms. The van der Waals surface area contributed by atoms with E-state index in [-0.39, 0.29) is 36.4 Å². The predicted octanol–water partition coefficient (Wildman–Crippen LogP) is 2.53. The zero-order valence-electron chi connectivity index (χ0n) is 17.6. The quantitative estimate of drug-likeness (QED) is 0.364. The minimum atomic E-state index is 0. The van der Waals surface area contributed by atoms with Crippen LogP contribution in [0.5, 0.6) is 0 Å². The fraction of sp³-hybridized carbons (Fsp3) is 0.905. The molecule has 1 amide bonds. The van der Waals surface area contributed by atoms with Gasteiger partial charge in [-0.05, 0) is 57.4 Å². The van der Waals surface area contributed by atoms with E-state index in [1.807, 2.05) is 14.1 Å². The number of aliphatic imine (C=N–C) groups is 1. The first kappa shape index (κ1) is 22.1. The van der Waals surface area contributed by atoms with E-state index in [9.17, 15) is 4.79 Å². The number of rotatable bonds is 4. The SMILES string of the molecule is CN(C)C(=O)CN=C(NC1CCCC1)N1CCC2C(CCCN2C2CC2)C1.I. The maximum absolute atomic E-state index is 12.1. The summed E-state index contributed by atoms with van der Waals surface area (Å²) >= 11 is 0. The van der Waals surface area contributed by atoms with Gasteiger partial charge in [0.1, 0.15) is 6.54 Å². The number of halogens is 1. The zero-order valence-corrected chi connectivity index (χ0v) is 19.9. The van der Waals surface area contributed by atoms with Gasteiger partial charge in [0.15, 0.2) is 5.96 Å². The van der Waals surface area contributed by atoms with Gasteiger partial charge in [-0.2, -0.15) is 0 Å². The van der Waals surface area contributed by atoms with Crippen LogP contribution in [0.2, 0.25) is 0 Å². The van der Waals surface area contributed by atoms with Gasteiger partial charge in [-0.1, -0.05) is 12.8 Å². The van der Waals surface area contributed by atoms with E-state index >= 15 is 0 Å². The Morgan fingerprint density at radius 3 is 2.46 bits per heavy atom. The highest BCUT2D eigenvalue weighted by molar-refractivity contribution is 14.0. The molecule has 1 N–H and O–H groups in total. The van der Waals surface area contributed by atoms with Crippen LogP contribution in [0.25, 0.3) is 0 Å². The van der Waals surface area contributed by atoms with Crippen LogP contribution in [0.4, 0.5) is 0 Å². The van der Waals surface area contributed by atoms with Crippen LogP contribution in [-0.4, -0.2) is 85.0 Å². The number of nitrogens with zero attached hydrogens (tertiary/aromatic N) is 4. The topological polar surface area (TPSA) is 51.2 Å². The number of piperidine rings is 2. The molecule has 4 aliphatic rings. The third kappa shape index (κ3) is 5.32. The molecule has 2 unspecified atom stereocenters. The lowest BCUT2D eigenvalue weighted by molar-refractivity contribution is -0.127. The van der Waals surface area contributed by atoms with Gasteiger partial charge in [-0.3, -0.25) is 9.69 Å². The number of likely N-dealkylation sites (N-methyl/N-ethyl adjacent to an activating group) is 1. The van der Waals surface area contributed by atoms with Crippen LogP contribution in [0, 0.1) is 5.92 Å². The Hall–Kier alpha value is -0.570. The predicted molar refractivity (Wildman–Crippen MR) is 124 cm³/mol.